The van der Waals surface area contributed by atoms with E-state index in [9.17, 15) is 4.79 Å². The van der Waals surface area contributed by atoms with Crippen molar-refractivity contribution in [2.75, 3.05) is 7.11 Å². The first-order valence-corrected chi connectivity index (χ1v) is 9.97. The molecule has 152 valence electrons. The normalized spacial score (nSPS) is 18.6. The first-order valence-electron chi connectivity index (χ1n) is 9.97. The van der Waals surface area contributed by atoms with Gasteiger partial charge < -0.3 is 14.2 Å². The molecule has 0 radical (unpaired) electrons. The van der Waals surface area contributed by atoms with Crippen molar-refractivity contribution in [1.29, 1.82) is 0 Å². The molecule has 0 amide bonds. The van der Waals surface area contributed by atoms with Crippen molar-refractivity contribution in [2.24, 2.45) is 0 Å². The van der Waals surface area contributed by atoms with Crippen molar-refractivity contribution in [3.63, 3.8) is 0 Å². The number of hydrogen-bond acceptors (Lipinski definition) is 5. The second kappa shape index (κ2) is 8.25. The third kappa shape index (κ3) is 4.27. The fourth-order valence-electron chi connectivity index (χ4n) is 3.56. The van der Waals surface area contributed by atoms with Crippen molar-refractivity contribution in [2.45, 2.75) is 51.5 Å². The molecular weight excluding hydrogens is 368 g/mol. The summed E-state index contributed by atoms with van der Waals surface area (Å²) in [6.07, 6.45) is 4.05. The van der Waals surface area contributed by atoms with Crippen molar-refractivity contribution < 1.29 is 19.0 Å². The number of benzene rings is 2. The SMILES string of the molecule is COC(=O)c1cc2cn([C@H]3C[C@H](OCc4ccccc4)C3)nc2cc1OC(C)C. The lowest BCUT2D eigenvalue weighted by Gasteiger charge is -2.35. The molecule has 0 bridgehead atoms. The van der Waals surface area contributed by atoms with Crippen LogP contribution >= 0.6 is 0 Å². The van der Waals surface area contributed by atoms with Crippen LogP contribution in [0.5, 0.6) is 5.75 Å². The van der Waals surface area contributed by atoms with Gasteiger partial charge in [-0.3, -0.25) is 4.68 Å². The Kier molecular flexibility index (Phi) is 5.53. The molecule has 1 heterocycles. The van der Waals surface area contributed by atoms with Gasteiger partial charge in [-0.05, 0) is 38.3 Å². The number of aromatic nitrogens is 2. The zero-order valence-electron chi connectivity index (χ0n) is 17.0. The molecule has 1 aliphatic rings. The molecule has 0 aliphatic heterocycles. The number of carbonyl (C=O) groups is 1. The van der Waals surface area contributed by atoms with E-state index in [1.165, 1.54) is 12.7 Å². The molecule has 0 saturated heterocycles. The van der Waals surface area contributed by atoms with E-state index in [4.69, 9.17) is 19.3 Å². The Bertz CT molecular complexity index is 991. The predicted molar refractivity (Wildman–Crippen MR) is 110 cm³/mol. The molecule has 0 atom stereocenters. The lowest BCUT2D eigenvalue weighted by Crippen LogP contribution is -2.33. The second-order valence-corrected chi connectivity index (χ2v) is 7.72. The third-order valence-electron chi connectivity index (χ3n) is 5.16. The van der Waals surface area contributed by atoms with Crippen LogP contribution in [0.4, 0.5) is 0 Å². The first-order chi connectivity index (χ1) is 14.0. The second-order valence-electron chi connectivity index (χ2n) is 7.72. The van der Waals surface area contributed by atoms with Gasteiger partial charge in [-0.15, -0.1) is 0 Å². The smallest absolute Gasteiger partial charge is 0.341 e. The van der Waals surface area contributed by atoms with Crippen LogP contribution in [0.3, 0.4) is 0 Å². The Labute approximate surface area is 170 Å². The lowest BCUT2D eigenvalue weighted by molar-refractivity contribution is -0.0382. The Morgan fingerprint density at radius 1 is 1.21 bits per heavy atom. The molecule has 0 spiro atoms. The number of esters is 1. The number of methoxy groups -OCH3 is 1. The Balaban J connectivity index is 1.46. The summed E-state index contributed by atoms with van der Waals surface area (Å²) < 4.78 is 18.7. The van der Waals surface area contributed by atoms with E-state index in [1.807, 2.05) is 49.0 Å². The molecule has 2 aromatic carbocycles. The minimum absolute atomic E-state index is 0.0490. The van der Waals surface area contributed by atoms with E-state index in [-0.39, 0.29) is 12.2 Å². The molecule has 6 nitrogen and oxygen atoms in total. The quantitative estimate of drug-likeness (QED) is 0.551. The van der Waals surface area contributed by atoms with Gasteiger partial charge in [0, 0.05) is 17.6 Å². The third-order valence-corrected chi connectivity index (χ3v) is 5.16. The van der Waals surface area contributed by atoms with Crippen LogP contribution < -0.4 is 4.74 Å². The fourth-order valence-corrected chi connectivity index (χ4v) is 3.56. The summed E-state index contributed by atoms with van der Waals surface area (Å²) >= 11 is 0. The van der Waals surface area contributed by atoms with Gasteiger partial charge in [0.15, 0.2) is 0 Å². The zero-order chi connectivity index (χ0) is 20.4. The summed E-state index contributed by atoms with van der Waals surface area (Å²) in [6, 6.07) is 14.1. The minimum Gasteiger partial charge on any atom is -0.490 e. The number of hydrogen-bond donors (Lipinski definition) is 0. The van der Waals surface area contributed by atoms with Gasteiger partial charge >= 0.3 is 5.97 Å². The summed E-state index contributed by atoms with van der Waals surface area (Å²) in [5, 5.41) is 5.61. The molecule has 3 aromatic rings. The maximum atomic E-state index is 12.2. The summed E-state index contributed by atoms with van der Waals surface area (Å²) in [6.45, 7) is 4.49. The number of nitrogens with zero attached hydrogens (tertiary/aromatic N) is 2. The average Bonchev–Trinajstić information content (AvgIpc) is 3.08. The molecule has 1 aromatic heterocycles. The van der Waals surface area contributed by atoms with Crippen LogP contribution in [0.1, 0.15) is 48.7 Å². The van der Waals surface area contributed by atoms with Crippen molar-refractivity contribution in [3.05, 3.63) is 59.8 Å². The molecule has 1 fully saturated rings. The topological polar surface area (TPSA) is 62.6 Å². The van der Waals surface area contributed by atoms with Crippen molar-refractivity contribution in [3.8, 4) is 5.75 Å². The number of ether oxygens (including phenoxy) is 3. The molecule has 6 heteroatoms. The summed E-state index contributed by atoms with van der Waals surface area (Å²) in [7, 11) is 1.37. The first kappa shape index (κ1) is 19.5. The standard InChI is InChI=1S/C23H26N2O4/c1-15(2)29-22-12-21-17(9-20(22)23(26)27-3)13-25(24-21)18-10-19(11-18)28-14-16-7-5-4-6-8-16/h4-9,12-13,15,18-19H,10-11,14H2,1-3H3/t18-,19-. The van der Waals surface area contributed by atoms with Crippen molar-refractivity contribution in [1.82, 2.24) is 9.78 Å². The predicted octanol–water partition coefficient (Wildman–Crippen LogP) is 4.53. The molecular formula is C23H26N2O4. The highest BCUT2D eigenvalue weighted by Gasteiger charge is 2.32. The number of rotatable bonds is 7. The molecule has 1 aliphatic carbocycles. The van der Waals surface area contributed by atoms with Crippen LogP contribution in [-0.2, 0) is 16.1 Å². The average molecular weight is 394 g/mol. The number of carbonyl (C=O) groups excluding carboxylic acids is 1. The van der Waals surface area contributed by atoms with Crippen molar-refractivity contribution >= 4 is 16.9 Å². The van der Waals surface area contributed by atoms with E-state index in [0.29, 0.717) is 24.0 Å². The lowest BCUT2D eigenvalue weighted by atomic mass is 9.89. The monoisotopic (exact) mass is 394 g/mol. The Morgan fingerprint density at radius 3 is 2.66 bits per heavy atom. The Hall–Kier alpha value is -2.86. The van der Waals surface area contributed by atoms with Gasteiger partial charge in [-0.25, -0.2) is 4.79 Å². The van der Waals surface area contributed by atoms with Crippen LogP contribution in [0, 0.1) is 0 Å². The van der Waals surface area contributed by atoms with Gasteiger partial charge in [-0.1, -0.05) is 30.3 Å². The van der Waals surface area contributed by atoms with Gasteiger partial charge in [0.2, 0.25) is 0 Å². The van der Waals surface area contributed by atoms with E-state index in [1.54, 1.807) is 6.07 Å². The summed E-state index contributed by atoms with van der Waals surface area (Å²) in [4.78, 5) is 12.2. The largest absolute Gasteiger partial charge is 0.490 e. The minimum atomic E-state index is -0.409. The van der Waals surface area contributed by atoms with Gasteiger partial charge in [-0.2, -0.15) is 5.10 Å². The molecule has 1 saturated carbocycles. The highest BCUT2D eigenvalue weighted by molar-refractivity contribution is 5.97. The van der Waals surface area contributed by atoms with E-state index in [2.05, 4.69) is 12.1 Å². The van der Waals surface area contributed by atoms with E-state index >= 15 is 0 Å². The van der Waals surface area contributed by atoms with Crippen LogP contribution in [0.15, 0.2) is 48.7 Å². The number of fused-ring (bicyclic) bond motifs is 1. The van der Waals surface area contributed by atoms with Crippen LogP contribution in [-0.4, -0.2) is 35.1 Å². The molecule has 29 heavy (non-hydrogen) atoms. The molecule has 4 rings (SSSR count). The maximum Gasteiger partial charge on any atom is 0.341 e. The van der Waals surface area contributed by atoms with Gasteiger partial charge in [0.05, 0.1) is 37.5 Å². The zero-order valence-corrected chi connectivity index (χ0v) is 17.0. The van der Waals surface area contributed by atoms with E-state index in [0.717, 1.165) is 23.7 Å². The van der Waals surface area contributed by atoms with E-state index < -0.39 is 5.97 Å². The fraction of sp³-hybridized carbons (Fsp3) is 0.391. The van der Waals surface area contributed by atoms with Crippen LogP contribution in [0.25, 0.3) is 10.9 Å². The Morgan fingerprint density at radius 2 is 1.97 bits per heavy atom. The highest BCUT2D eigenvalue weighted by Crippen LogP contribution is 2.36. The highest BCUT2D eigenvalue weighted by atomic mass is 16.5. The van der Waals surface area contributed by atoms with Gasteiger partial charge in [0.25, 0.3) is 0 Å². The maximum absolute atomic E-state index is 12.2. The summed E-state index contributed by atoms with van der Waals surface area (Å²) in [5.41, 5.74) is 2.42. The molecule has 0 N–H and O–H groups in total. The molecule has 0 unspecified atom stereocenters. The van der Waals surface area contributed by atoms with Gasteiger partial charge in [0.1, 0.15) is 11.3 Å². The summed E-state index contributed by atoms with van der Waals surface area (Å²) in [5.74, 6) is 0.0931. The van der Waals surface area contributed by atoms with Crippen LogP contribution in [0.2, 0.25) is 0 Å².